The van der Waals surface area contributed by atoms with Gasteiger partial charge >= 0.3 is 6.09 Å². The van der Waals surface area contributed by atoms with Crippen molar-refractivity contribution in [2.75, 3.05) is 32.7 Å². The molecule has 0 aromatic heterocycles. The summed E-state index contributed by atoms with van der Waals surface area (Å²) in [4.78, 5) is 17.6. The number of nitrogens with zero attached hydrogens (tertiary/aromatic N) is 2. The summed E-state index contributed by atoms with van der Waals surface area (Å²) in [5, 5.41) is 2.16. The van der Waals surface area contributed by atoms with Crippen LogP contribution >= 0.6 is 11.8 Å². The fourth-order valence-electron chi connectivity index (χ4n) is 2.06. The van der Waals surface area contributed by atoms with Gasteiger partial charge in [0.2, 0.25) is 0 Å². The minimum absolute atomic E-state index is 0.196. The summed E-state index contributed by atoms with van der Waals surface area (Å²) in [6, 6.07) is 0. The first-order valence-electron chi connectivity index (χ1n) is 8.03. The number of hydrogen-bond acceptors (Lipinski definition) is 4. The van der Waals surface area contributed by atoms with Crippen LogP contribution in [0.25, 0.3) is 0 Å². The molecule has 5 heteroatoms. The van der Waals surface area contributed by atoms with Gasteiger partial charge in [0, 0.05) is 32.7 Å². The van der Waals surface area contributed by atoms with E-state index in [1.165, 1.54) is 4.91 Å². The van der Waals surface area contributed by atoms with E-state index in [0.717, 1.165) is 39.1 Å². The lowest BCUT2D eigenvalue weighted by Crippen LogP contribution is -2.50. The summed E-state index contributed by atoms with van der Waals surface area (Å²) in [5.74, 6) is 0. The van der Waals surface area contributed by atoms with E-state index in [1.807, 2.05) is 20.8 Å². The van der Waals surface area contributed by atoms with E-state index < -0.39 is 5.60 Å². The normalized spacial score (nSPS) is 18.0. The Bertz CT molecular complexity index is 405. The van der Waals surface area contributed by atoms with Gasteiger partial charge < -0.3 is 9.64 Å². The van der Waals surface area contributed by atoms with Crippen molar-refractivity contribution >= 4 is 17.9 Å². The third-order valence-corrected chi connectivity index (χ3v) is 4.27. The third kappa shape index (κ3) is 7.36. The van der Waals surface area contributed by atoms with Crippen LogP contribution in [0.3, 0.4) is 0 Å². The molecule has 1 saturated heterocycles. The maximum atomic E-state index is 12.0. The largest absolute Gasteiger partial charge is 0.444 e. The summed E-state index contributed by atoms with van der Waals surface area (Å²) >= 11 is 1.79. The summed E-state index contributed by atoms with van der Waals surface area (Å²) in [7, 11) is 0. The van der Waals surface area contributed by atoms with E-state index in [-0.39, 0.29) is 6.09 Å². The van der Waals surface area contributed by atoms with Crippen LogP contribution in [-0.4, -0.2) is 54.2 Å². The molecule has 0 atom stereocenters. The van der Waals surface area contributed by atoms with Gasteiger partial charge in [0.25, 0.3) is 0 Å². The topological polar surface area (TPSA) is 32.8 Å². The highest BCUT2D eigenvalue weighted by atomic mass is 32.2. The van der Waals surface area contributed by atoms with Crippen LogP contribution in [0.4, 0.5) is 4.79 Å². The highest BCUT2D eigenvalue weighted by molar-refractivity contribution is 8.05. The second-order valence-electron chi connectivity index (χ2n) is 6.40. The minimum Gasteiger partial charge on any atom is -0.444 e. The van der Waals surface area contributed by atoms with Crippen LogP contribution in [0.15, 0.2) is 22.5 Å². The molecule has 1 fully saturated rings. The van der Waals surface area contributed by atoms with Crippen LogP contribution in [0.2, 0.25) is 0 Å². The van der Waals surface area contributed by atoms with Crippen LogP contribution in [0.1, 0.15) is 41.0 Å². The maximum Gasteiger partial charge on any atom is 0.410 e. The highest BCUT2D eigenvalue weighted by Gasteiger charge is 2.25. The van der Waals surface area contributed by atoms with Gasteiger partial charge in [-0.15, -0.1) is 11.8 Å². The molecule has 0 radical (unpaired) electrons. The van der Waals surface area contributed by atoms with Gasteiger partial charge in [-0.1, -0.05) is 19.1 Å². The van der Waals surface area contributed by atoms with Gasteiger partial charge in [0.15, 0.2) is 0 Å². The lowest BCUT2D eigenvalue weighted by atomic mass is 10.2. The number of carbonyl (C=O) groups is 1. The molecule has 22 heavy (non-hydrogen) atoms. The van der Waals surface area contributed by atoms with E-state index in [4.69, 9.17) is 4.74 Å². The average Bonchev–Trinajstić information content (AvgIpc) is 2.45. The Balaban J connectivity index is 2.38. The molecule has 4 nitrogen and oxygen atoms in total. The quantitative estimate of drug-likeness (QED) is 0.761. The maximum absolute atomic E-state index is 12.0. The number of thioether (sulfide) groups is 1. The molecular weight excluding hydrogens is 296 g/mol. The summed E-state index contributed by atoms with van der Waals surface area (Å²) in [5.41, 5.74) is -0.422. The fraction of sp³-hybridized carbons (Fsp3) is 0.706. The molecule has 0 saturated carbocycles. The van der Waals surface area contributed by atoms with Gasteiger partial charge in [-0.05, 0) is 44.4 Å². The monoisotopic (exact) mass is 326 g/mol. The van der Waals surface area contributed by atoms with Gasteiger partial charge in [-0.2, -0.15) is 0 Å². The standard InChI is InChI=1S/C17H30N2O2S/c1-6-8-13-22-15(7-2)14-18-9-11-19(12-10-18)16(20)21-17(3,4)5/h7-8,13H,6,9-12,14H2,1-5H3/b13-8-,15-7-. The van der Waals surface area contributed by atoms with Crippen molar-refractivity contribution in [1.29, 1.82) is 0 Å². The van der Waals surface area contributed by atoms with Crippen molar-refractivity contribution < 1.29 is 9.53 Å². The van der Waals surface area contributed by atoms with Crippen LogP contribution < -0.4 is 0 Å². The van der Waals surface area contributed by atoms with E-state index in [2.05, 4.69) is 36.3 Å². The third-order valence-electron chi connectivity index (χ3n) is 3.28. The predicted molar refractivity (Wildman–Crippen MR) is 95.0 cm³/mol. The number of piperazine rings is 1. The van der Waals surface area contributed by atoms with Gasteiger partial charge in [0.05, 0.1) is 0 Å². The Morgan fingerprint density at radius 1 is 1.23 bits per heavy atom. The summed E-state index contributed by atoms with van der Waals surface area (Å²) in [6.45, 7) is 14.2. The number of allylic oxidation sites excluding steroid dienone is 2. The van der Waals surface area contributed by atoms with Crippen molar-refractivity contribution in [2.24, 2.45) is 0 Å². The fourth-order valence-corrected chi connectivity index (χ4v) is 2.92. The molecule has 0 unspecified atom stereocenters. The molecule has 126 valence electrons. The molecule has 0 N–H and O–H groups in total. The average molecular weight is 327 g/mol. The molecule has 0 bridgehead atoms. The molecular formula is C17H30N2O2S. The van der Waals surface area contributed by atoms with Crippen LogP contribution in [-0.2, 0) is 4.74 Å². The summed E-state index contributed by atoms with van der Waals surface area (Å²) in [6.07, 6.45) is 5.22. The lowest BCUT2D eigenvalue weighted by molar-refractivity contribution is 0.0153. The SMILES string of the molecule is C/C=C(/CN1CCN(C(=O)OC(C)(C)C)CC1)S/C=C\CC. The lowest BCUT2D eigenvalue weighted by Gasteiger charge is -2.35. The number of rotatable bonds is 5. The molecule has 1 amide bonds. The van der Waals surface area contributed by atoms with Crippen molar-refractivity contribution in [3.63, 3.8) is 0 Å². The second-order valence-corrected chi connectivity index (χ2v) is 7.43. The predicted octanol–water partition coefficient (Wildman–Crippen LogP) is 4.10. The number of hydrogen-bond donors (Lipinski definition) is 0. The van der Waals surface area contributed by atoms with E-state index >= 15 is 0 Å². The highest BCUT2D eigenvalue weighted by Crippen LogP contribution is 2.19. The first-order chi connectivity index (χ1) is 10.4. The van der Waals surface area contributed by atoms with Crippen molar-refractivity contribution in [2.45, 2.75) is 46.6 Å². The Morgan fingerprint density at radius 3 is 2.36 bits per heavy atom. The zero-order valence-corrected chi connectivity index (χ0v) is 15.4. The van der Waals surface area contributed by atoms with Crippen molar-refractivity contribution in [3.8, 4) is 0 Å². The van der Waals surface area contributed by atoms with Crippen molar-refractivity contribution in [1.82, 2.24) is 9.80 Å². The van der Waals surface area contributed by atoms with E-state index in [0.29, 0.717) is 0 Å². The van der Waals surface area contributed by atoms with Gasteiger partial charge in [0.1, 0.15) is 5.60 Å². The molecule has 0 aromatic carbocycles. The molecule has 1 aliphatic heterocycles. The molecule has 0 aromatic rings. The molecule has 0 spiro atoms. The number of carbonyl (C=O) groups excluding carboxylic acids is 1. The first-order valence-corrected chi connectivity index (χ1v) is 8.90. The molecule has 1 aliphatic rings. The summed E-state index contributed by atoms with van der Waals surface area (Å²) < 4.78 is 5.42. The van der Waals surface area contributed by atoms with Gasteiger partial charge in [-0.3, -0.25) is 4.90 Å². The number of ether oxygens (including phenoxy) is 1. The molecule has 1 rings (SSSR count). The van der Waals surface area contributed by atoms with Crippen LogP contribution in [0.5, 0.6) is 0 Å². The minimum atomic E-state index is -0.422. The van der Waals surface area contributed by atoms with Crippen molar-refractivity contribution in [3.05, 3.63) is 22.5 Å². The zero-order valence-electron chi connectivity index (χ0n) is 14.6. The van der Waals surface area contributed by atoms with E-state index in [1.54, 1.807) is 16.7 Å². The smallest absolute Gasteiger partial charge is 0.410 e. The van der Waals surface area contributed by atoms with Gasteiger partial charge in [-0.25, -0.2) is 4.79 Å². The van der Waals surface area contributed by atoms with E-state index in [9.17, 15) is 4.79 Å². The number of amides is 1. The molecule has 1 heterocycles. The molecule has 0 aliphatic carbocycles. The second kappa shape index (κ2) is 9.26. The van der Waals surface area contributed by atoms with Crippen LogP contribution in [0, 0.1) is 0 Å². The Labute approximate surface area is 139 Å². The Hall–Kier alpha value is -0.940. The first kappa shape index (κ1) is 19.1. The Morgan fingerprint density at radius 2 is 1.86 bits per heavy atom. The Kier molecular flexibility index (Phi) is 8.04. The zero-order chi connectivity index (χ0) is 16.6.